The summed E-state index contributed by atoms with van der Waals surface area (Å²) in [5.74, 6) is -0.212. The van der Waals surface area contributed by atoms with Gasteiger partial charge in [-0.2, -0.15) is 0 Å². The van der Waals surface area contributed by atoms with Gasteiger partial charge < -0.3 is 19.5 Å². The molecule has 0 spiro atoms. The lowest BCUT2D eigenvalue weighted by Crippen LogP contribution is -2.46. The molecule has 4 rings (SSSR count). The molecule has 206 valence electrons. The number of rotatable bonds is 8. The summed E-state index contributed by atoms with van der Waals surface area (Å²) in [5.41, 5.74) is 2.19. The highest BCUT2D eigenvalue weighted by atomic mass is 16.6. The fourth-order valence-electron chi connectivity index (χ4n) is 5.02. The van der Waals surface area contributed by atoms with Gasteiger partial charge in [0.25, 0.3) is 0 Å². The first kappa shape index (κ1) is 28.2. The van der Waals surface area contributed by atoms with Gasteiger partial charge >= 0.3 is 12.2 Å². The van der Waals surface area contributed by atoms with Crippen LogP contribution in [0.25, 0.3) is 0 Å². The lowest BCUT2D eigenvalue weighted by atomic mass is 9.92. The topological polar surface area (TPSA) is 77.1 Å². The molecule has 7 nitrogen and oxygen atoms in total. The monoisotopic (exact) mass is 530 g/mol. The average Bonchev–Trinajstić information content (AvgIpc) is 3.18. The molecule has 0 aliphatic carbocycles. The molecule has 1 fully saturated rings. The minimum absolute atomic E-state index is 0.156. The van der Waals surface area contributed by atoms with Gasteiger partial charge in [-0.3, -0.25) is 4.90 Å². The summed E-state index contributed by atoms with van der Waals surface area (Å²) >= 11 is 0. The molecule has 0 bridgehead atoms. The van der Waals surface area contributed by atoms with Gasteiger partial charge in [-0.1, -0.05) is 91.0 Å². The number of benzene rings is 3. The first-order valence-electron chi connectivity index (χ1n) is 13.4. The molecule has 0 saturated carbocycles. The van der Waals surface area contributed by atoms with E-state index in [1.54, 1.807) is 4.90 Å². The summed E-state index contributed by atoms with van der Waals surface area (Å²) in [5, 5.41) is 3.08. The van der Waals surface area contributed by atoms with Crippen LogP contribution < -0.4 is 5.32 Å². The van der Waals surface area contributed by atoms with E-state index in [-0.39, 0.29) is 18.6 Å². The van der Waals surface area contributed by atoms with Crippen molar-refractivity contribution in [3.8, 4) is 0 Å². The van der Waals surface area contributed by atoms with Crippen LogP contribution in [0.1, 0.15) is 50.4 Å². The third kappa shape index (κ3) is 7.60. The van der Waals surface area contributed by atoms with Crippen LogP contribution in [0.5, 0.6) is 0 Å². The van der Waals surface area contributed by atoms with E-state index < -0.39 is 29.9 Å². The number of amides is 2. The van der Waals surface area contributed by atoms with E-state index in [0.717, 1.165) is 16.7 Å². The van der Waals surface area contributed by atoms with E-state index in [0.29, 0.717) is 13.2 Å². The van der Waals surface area contributed by atoms with E-state index in [1.165, 1.54) is 0 Å². The third-order valence-electron chi connectivity index (χ3n) is 6.82. The Balaban J connectivity index is 1.61. The molecule has 1 saturated heterocycles. The fourth-order valence-corrected chi connectivity index (χ4v) is 5.02. The molecular weight excluding hydrogens is 492 g/mol. The maximum absolute atomic E-state index is 13.6. The molecule has 7 heteroatoms. The highest BCUT2D eigenvalue weighted by Gasteiger charge is 2.51. The number of nitrogens with one attached hydrogen (secondary N) is 1. The standard InChI is InChI=1S/C32H38N2O5/c1-23-27(22-37-20-24-14-8-5-9-15-24)28(33-30(35)39-32(2,3)4)29(26-18-12-7-13-19-26)34(23)31(36)38-21-25-16-10-6-11-17-25/h5-19,23,27-29H,20-22H2,1-4H3,(H,33,35)/t23-,27+,28-,29+/m0/s1. The van der Waals surface area contributed by atoms with Crippen molar-refractivity contribution >= 4 is 12.2 Å². The van der Waals surface area contributed by atoms with E-state index in [4.69, 9.17) is 14.2 Å². The molecule has 1 aliphatic rings. The number of ether oxygens (including phenoxy) is 3. The van der Waals surface area contributed by atoms with Crippen molar-refractivity contribution in [1.82, 2.24) is 10.2 Å². The first-order valence-corrected chi connectivity index (χ1v) is 13.4. The Morgan fingerprint density at radius 1 is 0.821 bits per heavy atom. The predicted molar refractivity (Wildman–Crippen MR) is 150 cm³/mol. The first-order chi connectivity index (χ1) is 18.7. The van der Waals surface area contributed by atoms with Crippen LogP contribution in [-0.2, 0) is 27.4 Å². The summed E-state index contributed by atoms with van der Waals surface area (Å²) in [6.07, 6.45) is -0.977. The molecule has 3 aromatic carbocycles. The summed E-state index contributed by atoms with van der Waals surface area (Å²) < 4.78 is 17.6. The van der Waals surface area contributed by atoms with Crippen molar-refractivity contribution in [3.05, 3.63) is 108 Å². The minimum atomic E-state index is -0.663. The zero-order valence-electron chi connectivity index (χ0n) is 23.1. The highest BCUT2D eigenvalue weighted by molar-refractivity contribution is 5.72. The highest BCUT2D eigenvalue weighted by Crippen LogP contribution is 2.41. The second-order valence-electron chi connectivity index (χ2n) is 10.9. The second-order valence-corrected chi connectivity index (χ2v) is 10.9. The van der Waals surface area contributed by atoms with Gasteiger partial charge in [0.1, 0.15) is 12.2 Å². The Morgan fingerprint density at radius 2 is 1.36 bits per heavy atom. The average molecular weight is 531 g/mol. The van der Waals surface area contributed by atoms with Crippen molar-refractivity contribution in [2.45, 2.75) is 64.6 Å². The Bertz CT molecular complexity index is 1200. The van der Waals surface area contributed by atoms with Crippen LogP contribution in [0.3, 0.4) is 0 Å². The summed E-state index contributed by atoms with van der Waals surface area (Å²) in [6, 6.07) is 28.0. The minimum Gasteiger partial charge on any atom is -0.445 e. The molecular formula is C32H38N2O5. The summed E-state index contributed by atoms with van der Waals surface area (Å²) in [6.45, 7) is 8.38. The number of likely N-dealkylation sites (tertiary alicyclic amines) is 1. The molecule has 3 aromatic rings. The molecule has 0 aromatic heterocycles. The predicted octanol–water partition coefficient (Wildman–Crippen LogP) is 6.49. The lowest BCUT2D eigenvalue weighted by molar-refractivity contribution is 0.0424. The van der Waals surface area contributed by atoms with Crippen molar-refractivity contribution < 1.29 is 23.8 Å². The normalized spacial score (nSPS) is 20.9. The Kier molecular flexibility index (Phi) is 9.25. The molecule has 1 aliphatic heterocycles. The van der Waals surface area contributed by atoms with Gasteiger partial charge in [-0.15, -0.1) is 0 Å². The van der Waals surface area contributed by atoms with Gasteiger partial charge in [0, 0.05) is 12.0 Å². The summed E-state index contributed by atoms with van der Waals surface area (Å²) in [4.78, 5) is 28.4. The van der Waals surface area contributed by atoms with E-state index in [2.05, 4.69) is 5.32 Å². The third-order valence-corrected chi connectivity index (χ3v) is 6.82. The van der Waals surface area contributed by atoms with Crippen LogP contribution in [0.4, 0.5) is 9.59 Å². The van der Waals surface area contributed by atoms with Crippen LogP contribution >= 0.6 is 0 Å². The molecule has 1 heterocycles. The fraction of sp³-hybridized carbons (Fsp3) is 0.375. The SMILES string of the molecule is C[C@H]1[C@@H](COCc2ccccc2)[C@H](NC(=O)OC(C)(C)C)[C@@H](c2ccccc2)N1C(=O)OCc1ccccc1. The van der Waals surface area contributed by atoms with Gasteiger partial charge in [0.15, 0.2) is 0 Å². The number of alkyl carbamates (subject to hydrolysis) is 1. The number of carbonyl (C=O) groups excluding carboxylic acids is 2. The van der Waals surface area contributed by atoms with E-state index >= 15 is 0 Å². The molecule has 0 radical (unpaired) electrons. The van der Waals surface area contributed by atoms with Crippen molar-refractivity contribution in [2.75, 3.05) is 6.61 Å². The second kappa shape index (κ2) is 12.8. The number of carbonyl (C=O) groups is 2. The van der Waals surface area contributed by atoms with Gasteiger partial charge in [0.05, 0.1) is 25.3 Å². The van der Waals surface area contributed by atoms with Crippen molar-refractivity contribution in [1.29, 1.82) is 0 Å². The van der Waals surface area contributed by atoms with E-state index in [1.807, 2.05) is 119 Å². The van der Waals surface area contributed by atoms with Gasteiger partial charge in [-0.25, -0.2) is 9.59 Å². The van der Waals surface area contributed by atoms with E-state index in [9.17, 15) is 9.59 Å². The van der Waals surface area contributed by atoms with Crippen LogP contribution in [0.2, 0.25) is 0 Å². The van der Waals surface area contributed by atoms with Crippen LogP contribution in [0, 0.1) is 5.92 Å². The number of nitrogens with zero attached hydrogens (tertiary/aromatic N) is 1. The van der Waals surface area contributed by atoms with Crippen molar-refractivity contribution in [3.63, 3.8) is 0 Å². The number of hydrogen-bond donors (Lipinski definition) is 1. The van der Waals surface area contributed by atoms with Crippen LogP contribution in [-0.4, -0.2) is 41.4 Å². The van der Waals surface area contributed by atoms with Crippen molar-refractivity contribution in [2.24, 2.45) is 5.92 Å². The maximum atomic E-state index is 13.6. The van der Waals surface area contributed by atoms with Gasteiger partial charge in [-0.05, 0) is 44.4 Å². The molecule has 0 unspecified atom stereocenters. The maximum Gasteiger partial charge on any atom is 0.410 e. The molecule has 4 atom stereocenters. The molecule has 39 heavy (non-hydrogen) atoms. The smallest absolute Gasteiger partial charge is 0.410 e. The van der Waals surface area contributed by atoms with Gasteiger partial charge in [0.2, 0.25) is 0 Å². The Morgan fingerprint density at radius 3 is 1.92 bits per heavy atom. The largest absolute Gasteiger partial charge is 0.445 e. The zero-order chi connectivity index (χ0) is 27.8. The lowest BCUT2D eigenvalue weighted by Gasteiger charge is -2.30. The Hall–Kier alpha value is -3.84. The zero-order valence-corrected chi connectivity index (χ0v) is 23.1. The number of hydrogen-bond acceptors (Lipinski definition) is 5. The quantitative estimate of drug-likeness (QED) is 0.360. The Labute approximate surface area is 231 Å². The van der Waals surface area contributed by atoms with Crippen LogP contribution in [0.15, 0.2) is 91.0 Å². The molecule has 1 N–H and O–H groups in total. The molecule has 2 amide bonds. The summed E-state index contributed by atoms with van der Waals surface area (Å²) in [7, 11) is 0.